The second-order valence-corrected chi connectivity index (χ2v) is 17.1. The first-order valence-corrected chi connectivity index (χ1v) is 17.3. The van der Waals surface area contributed by atoms with E-state index < -0.39 is 20.6 Å². The Morgan fingerprint density at radius 3 is 2.15 bits per heavy atom. The van der Waals surface area contributed by atoms with Gasteiger partial charge in [0.25, 0.3) is 0 Å². The molecule has 228 valence electrons. The molecule has 0 aromatic heterocycles. The van der Waals surface area contributed by atoms with Crippen LogP contribution in [0.25, 0.3) is 0 Å². The van der Waals surface area contributed by atoms with Crippen molar-refractivity contribution in [2.45, 2.75) is 85.1 Å². The SMILES string of the molecule is COc1ccc(COC[C@H](C)[C@@H](O[Si](C)(C)C(C)(C)C)[C@H](C)[C@@H](O)[C@@H](C)/C=C\OC(=O)OCc2ccccc2)cc1. The van der Waals surface area contributed by atoms with Crippen molar-refractivity contribution in [1.29, 1.82) is 0 Å². The molecule has 2 aromatic rings. The maximum Gasteiger partial charge on any atom is 0.513 e. The van der Waals surface area contributed by atoms with Crippen LogP contribution in [0.15, 0.2) is 66.9 Å². The quantitative estimate of drug-likeness (QED) is 0.130. The molecule has 7 nitrogen and oxygen atoms in total. The summed E-state index contributed by atoms with van der Waals surface area (Å²) in [5.41, 5.74) is 1.94. The minimum atomic E-state index is -2.15. The Morgan fingerprint density at radius 2 is 1.56 bits per heavy atom. The molecule has 0 aliphatic carbocycles. The lowest BCUT2D eigenvalue weighted by molar-refractivity contribution is -0.0373. The van der Waals surface area contributed by atoms with E-state index in [1.54, 1.807) is 13.2 Å². The van der Waals surface area contributed by atoms with Crippen molar-refractivity contribution in [2.24, 2.45) is 17.8 Å². The average molecular weight is 587 g/mol. The molecular weight excluding hydrogens is 536 g/mol. The summed E-state index contributed by atoms with van der Waals surface area (Å²) >= 11 is 0. The monoisotopic (exact) mass is 586 g/mol. The van der Waals surface area contributed by atoms with Crippen molar-refractivity contribution in [3.63, 3.8) is 0 Å². The Balaban J connectivity index is 2.01. The maximum atomic E-state index is 12.0. The zero-order chi connectivity index (χ0) is 30.6. The van der Waals surface area contributed by atoms with Gasteiger partial charge < -0.3 is 28.5 Å². The third-order valence-electron chi connectivity index (χ3n) is 7.95. The molecule has 2 aromatic carbocycles. The van der Waals surface area contributed by atoms with Crippen LogP contribution in [-0.2, 0) is 31.9 Å². The molecule has 0 heterocycles. The van der Waals surface area contributed by atoms with Gasteiger partial charge in [-0.15, -0.1) is 0 Å². The highest BCUT2D eigenvalue weighted by molar-refractivity contribution is 6.74. The number of hydrogen-bond acceptors (Lipinski definition) is 7. The summed E-state index contributed by atoms with van der Waals surface area (Å²) < 4.78 is 28.5. The molecule has 0 amide bonds. The largest absolute Gasteiger partial charge is 0.513 e. The summed E-state index contributed by atoms with van der Waals surface area (Å²) in [5, 5.41) is 11.3. The summed E-state index contributed by atoms with van der Waals surface area (Å²) in [6.45, 7) is 18.2. The highest BCUT2D eigenvalue weighted by atomic mass is 28.4. The summed E-state index contributed by atoms with van der Waals surface area (Å²) in [6, 6.07) is 17.2. The van der Waals surface area contributed by atoms with Crippen molar-refractivity contribution >= 4 is 14.5 Å². The first-order chi connectivity index (χ1) is 19.2. The molecule has 1 N–H and O–H groups in total. The predicted octanol–water partition coefficient (Wildman–Crippen LogP) is 7.74. The van der Waals surface area contributed by atoms with Crippen LogP contribution in [0.1, 0.15) is 52.7 Å². The molecule has 0 fully saturated rings. The lowest BCUT2D eigenvalue weighted by Gasteiger charge is -2.44. The zero-order valence-electron chi connectivity index (χ0n) is 26.3. The van der Waals surface area contributed by atoms with Crippen LogP contribution in [-0.4, -0.2) is 45.5 Å². The van der Waals surface area contributed by atoms with Gasteiger partial charge in [-0.05, 0) is 47.5 Å². The number of carbonyl (C=O) groups excluding carboxylic acids is 1. The van der Waals surface area contributed by atoms with E-state index in [2.05, 4.69) is 40.8 Å². The van der Waals surface area contributed by atoms with Crippen molar-refractivity contribution < 1.29 is 33.3 Å². The number of hydrogen-bond donors (Lipinski definition) is 1. The molecule has 0 saturated heterocycles. The van der Waals surface area contributed by atoms with Crippen LogP contribution >= 0.6 is 0 Å². The summed E-state index contributed by atoms with van der Waals surface area (Å²) in [5.74, 6) is 0.357. The smallest absolute Gasteiger partial charge is 0.497 e. The molecule has 8 heteroatoms. The number of aliphatic hydroxyl groups excluding tert-OH is 1. The second-order valence-electron chi connectivity index (χ2n) is 12.4. The zero-order valence-corrected chi connectivity index (χ0v) is 27.3. The van der Waals surface area contributed by atoms with E-state index in [1.807, 2.05) is 68.4 Å². The molecule has 5 atom stereocenters. The number of aliphatic hydroxyl groups is 1. The van der Waals surface area contributed by atoms with Crippen LogP contribution in [0.4, 0.5) is 4.79 Å². The van der Waals surface area contributed by atoms with E-state index >= 15 is 0 Å². The number of benzene rings is 2. The minimum Gasteiger partial charge on any atom is -0.497 e. The van der Waals surface area contributed by atoms with E-state index in [1.165, 1.54) is 6.26 Å². The molecule has 0 aliphatic rings. The molecule has 41 heavy (non-hydrogen) atoms. The Kier molecular flexibility index (Phi) is 13.6. The van der Waals surface area contributed by atoms with Crippen molar-refractivity contribution in [1.82, 2.24) is 0 Å². The van der Waals surface area contributed by atoms with Gasteiger partial charge in [-0.3, -0.25) is 0 Å². The first kappa shape index (κ1) is 34.5. The van der Waals surface area contributed by atoms with Gasteiger partial charge in [0.05, 0.1) is 38.8 Å². The standard InChI is InChI=1S/C33H50O7Si/c1-24(19-20-38-32(35)39-23-27-13-11-10-12-14-27)30(34)26(3)31(40-41(8,9)33(4,5)6)25(2)21-37-22-28-15-17-29(36-7)18-16-28/h10-20,24-26,30-31,34H,21-23H2,1-9H3/b20-19-/t24-,25-,26+,30-,31+/m0/s1. The lowest BCUT2D eigenvalue weighted by atomic mass is 9.84. The minimum absolute atomic E-state index is 0.0130. The van der Waals surface area contributed by atoms with E-state index in [0.717, 1.165) is 16.9 Å². The molecule has 0 unspecified atom stereocenters. The van der Waals surface area contributed by atoms with Crippen molar-refractivity contribution in [3.05, 3.63) is 78.1 Å². The lowest BCUT2D eigenvalue weighted by Crippen LogP contribution is -2.50. The van der Waals surface area contributed by atoms with E-state index in [4.69, 9.17) is 23.4 Å². The van der Waals surface area contributed by atoms with Gasteiger partial charge in [-0.1, -0.05) is 84.0 Å². The Labute approximate surface area is 247 Å². The second kappa shape index (κ2) is 16.1. The Hall–Kier alpha value is -2.65. The molecule has 0 spiro atoms. The first-order valence-electron chi connectivity index (χ1n) is 14.4. The van der Waals surface area contributed by atoms with Gasteiger partial charge in [-0.2, -0.15) is 0 Å². The third kappa shape index (κ3) is 11.3. The Morgan fingerprint density at radius 1 is 0.951 bits per heavy atom. The fourth-order valence-corrected chi connectivity index (χ4v) is 5.68. The molecule has 0 aliphatic heterocycles. The van der Waals surface area contributed by atoms with Crippen LogP contribution in [0, 0.1) is 17.8 Å². The van der Waals surface area contributed by atoms with Gasteiger partial charge in [0, 0.05) is 17.8 Å². The molecule has 0 radical (unpaired) electrons. The van der Waals surface area contributed by atoms with Gasteiger partial charge in [0.2, 0.25) is 0 Å². The highest BCUT2D eigenvalue weighted by Crippen LogP contribution is 2.40. The van der Waals surface area contributed by atoms with E-state index in [9.17, 15) is 9.90 Å². The number of methoxy groups -OCH3 is 1. The predicted molar refractivity (Wildman–Crippen MR) is 165 cm³/mol. The van der Waals surface area contributed by atoms with Crippen LogP contribution < -0.4 is 4.74 Å². The van der Waals surface area contributed by atoms with E-state index in [-0.39, 0.29) is 35.5 Å². The van der Waals surface area contributed by atoms with Crippen LogP contribution in [0.2, 0.25) is 18.1 Å². The summed E-state index contributed by atoms with van der Waals surface area (Å²) in [6.07, 6.45) is 1.23. The Bertz CT molecular complexity index is 1060. The summed E-state index contributed by atoms with van der Waals surface area (Å²) in [7, 11) is -0.501. The molecule has 0 saturated carbocycles. The van der Waals surface area contributed by atoms with Crippen LogP contribution in [0.3, 0.4) is 0 Å². The van der Waals surface area contributed by atoms with Gasteiger partial charge in [0.15, 0.2) is 8.32 Å². The molecule has 2 rings (SSSR count). The van der Waals surface area contributed by atoms with Crippen molar-refractivity contribution in [2.75, 3.05) is 13.7 Å². The maximum absolute atomic E-state index is 12.0. The number of ether oxygens (including phenoxy) is 4. The van der Waals surface area contributed by atoms with Crippen molar-refractivity contribution in [3.8, 4) is 5.75 Å². The highest BCUT2D eigenvalue weighted by Gasteiger charge is 2.43. The topological polar surface area (TPSA) is 83.5 Å². The normalized spacial score (nSPS) is 16.0. The molecular formula is C33H50O7Si. The fourth-order valence-electron chi connectivity index (χ4n) is 4.19. The van der Waals surface area contributed by atoms with Crippen LogP contribution in [0.5, 0.6) is 5.75 Å². The third-order valence-corrected chi connectivity index (χ3v) is 12.4. The fraction of sp³-hybridized carbons (Fsp3) is 0.545. The van der Waals surface area contributed by atoms with E-state index in [0.29, 0.717) is 13.2 Å². The number of carbonyl (C=O) groups is 1. The van der Waals surface area contributed by atoms with Gasteiger partial charge in [0.1, 0.15) is 12.4 Å². The molecule has 0 bridgehead atoms. The van der Waals surface area contributed by atoms with Gasteiger partial charge >= 0.3 is 6.16 Å². The average Bonchev–Trinajstić information content (AvgIpc) is 2.94. The van der Waals surface area contributed by atoms with Gasteiger partial charge in [-0.25, -0.2) is 4.79 Å². The summed E-state index contributed by atoms with van der Waals surface area (Å²) in [4.78, 5) is 12.0. The number of rotatable bonds is 15.